The number of carbonyl (C=O) groups excluding carboxylic acids is 2. The van der Waals surface area contributed by atoms with Crippen molar-refractivity contribution in [1.82, 2.24) is 14.9 Å². The van der Waals surface area contributed by atoms with Crippen molar-refractivity contribution in [2.24, 2.45) is 0 Å². The summed E-state index contributed by atoms with van der Waals surface area (Å²) in [7, 11) is 1.55. The number of hydrogen-bond acceptors (Lipinski definition) is 5. The van der Waals surface area contributed by atoms with Gasteiger partial charge < -0.3 is 15.0 Å². The maximum atomic E-state index is 13.8. The molecule has 0 spiro atoms. The standard InChI is InChI=1S/C28H25FN4O3/c1-19-7-9-20(10-8-19)26(27(34)32-23-13-11-22(29)12-14-23)33(28(35)24-17-30-15-16-31-24)18-21-5-3-4-6-25(21)36-2/h3-17,26H,18H2,1-2H3,(H,32,34)/t26-/m1/s1. The Hall–Kier alpha value is -4.59. The number of benzene rings is 3. The molecule has 0 radical (unpaired) electrons. The lowest BCUT2D eigenvalue weighted by Crippen LogP contribution is -2.41. The van der Waals surface area contributed by atoms with Crippen LogP contribution in [0.4, 0.5) is 10.1 Å². The van der Waals surface area contributed by atoms with Crippen molar-refractivity contribution in [2.45, 2.75) is 19.5 Å². The average molecular weight is 485 g/mol. The normalized spacial score (nSPS) is 11.4. The minimum absolute atomic E-state index is 0.0643. The van der Waals surface area contributed by atoms with Crippen LogP contribution in [0.1, 0.15) is 33.2 Å². The summed E-state index contributed by atoms with van der Waals surface area (Å²) in [6, 6.07) is 19.1. The highest BCUT2D eigenvalue weighted by molar-refractivity contribution is 6.00. The van der Waals surface area contributed by atoms with Gasteiger partial charge >= 0.3 is 0 Å². The third kappa shape index (κ3) is 5.72. The average Bonchev–Trinajstić information content (AvgIpc) is 2.91. The van der Waals surface area contributed by atoms with Gasteiger partial charge in [0.25, 0.3) is 11.8 Å². The SMILES string of the molecule is COc1ccccc1CN(C(=O)c1cnccn1)[C@@H](C(=O)Nc1ccc(F)cc1)c1ccc(C)cc1. The molecule has 0 aliphatic heterocycles. The summed E-state index contributed by atoms with van der Waals surface area (Å²) in [4.78, 5) is 37.2. The molecule has 0 aliphatic carbocycles. The maximum absolute atomic E-state index is 13.8. The zero-order valence-electron chi connectivity index (χ0n) is 19.9. The Morgan fingerprint density at radius 2 is 1.72 bits per heavy atom. The van der Waals surface area contributed by atoms with E-state index in [-0.39, 0.29) is 12.2 Å². The zero-order valence-corrected chi connectivity index (χ0v) is 19.9. The van der Waals surface area contributed by atoms with E-state index in [1.807, 2.05) is 49.4 Å². The highest BCUT2D eigenvalue weighted by Crippen LogP contribution is 2.29. The molecular weight excluding hydrogens is 459 g/mol. The van der Waals surface area contributed by atoms with Gasteiger partial charge in [-0.2, -0.15) is 0 Å². The molecule has 4 aromatic rings. The number of nitrogens with zero attached hydrogens (tertiary/aromatic N) is 3. The first-order valence-electron chi connectivity index (χ1n) is 11.3. The van der Waals surface area contributed by atoms with Crippen LogP contribution in [-0.4, -0.2) is 33.8 Å². The summed E-state index contributed by atoms with van der Waals surface area (Å²) in [5, 5.41) is 2.82. The molecule has 7 nitrogen and oxygen atoms in total. The molecule has 0 unspecified atom stereocenters. The molecular formula is C28H25FN4O3. The molecule has 1 atom stereocenters. The van der Waals surface area contributed by atoms with Gasteiger partial charge in [-0.05, 0) is 42.8 Å². The Kier molecular flexibility index (Phi) is 7.65. The molecule has 2 amide bonds. The number of amides is 2. The number of methoxy groups -OCH3 is 1. The molecule has 0 aliphatic rings. The number of ether oxygens (including phenoxy) is 1. The fraction of sp³-hybridized carbons (Fsp3) is 0.143. The number of halogens is 1. The highest BCUT2D eigenvalue weighted by atomic mass is 19.1. The molecule has 3 aromatic carbocycles. The molecule has 1 N–H and O–H groups in total. The number of anilines is 1. The van der Waals surface area contributed by atoms with Crippen molar-refractivity contribution in [3.8, 4) is 5.75 Å². The van der Waals surface area contributed by atoms with Crippen LogP contribution in [0.15, 0.2) is 91.4 Å². The van der Waals surface area contributed by atoms with E-state index < -0.39 is 23.7 Å². The number of aromatic nitrogens is 2. The quantitative estimate of drug-likeness (QED) is 0.382. The third-order valence-corrected chi connectivity index (χ3v) is 5.64. The number of para-hydroxylation sites is 1. The van der Waals surface area contributed by atoms with E-state index in [9.17, 15) is 14.0 Å². The van der Waals surface area contributed by atoms with Crippen molar-refractivity contribution < 1.29 is 18.7 Å². The Morgan fingerprint density at radius 1 is 1.00 bits per heavy atom. The summed E-state index contributed by atoms with van der Waals surface area (Å²) in [6.07, 6.45) is 4.26. The molecule has 0 saturated heterocycles. The highest BCUT2D eigenvalue weighted by Gasteiger charge is 2.33. The second kappa shape index (κ2) is 11.2. The molecule has 182 valence electrons. The van der Waals surface area contributed by atoms with E-state index in [4.69, 9.17) is 4.74 Å². The van der Waals surface area contributed by atoms with E-state index in [1.54, 1.807) is 13.2 Å². The largest absolute Gasteiger partial charge is 0.496 e. The van der Waals surface area contributed by atoms with E-state index in [0.29, 0.717) is 22.6 Å². The van der Waals surface area contributed by atoms with Gasteiger partial charge in [0, 0.05) is 23.6 Å². The van der Waals surface area contributed by atoms with Crippen molar-refractivity contribution in [2.75, 3.05) is 12.4 Å². The Labute approximate surface area is 208 Å². The summed E-state index contributed by atoms with van der Waals surface area (Å²) >= 11 is 0. The van der Waals surface area contributed by atoms with Crippen LogP contribution in [0.5, 0.6) is 5.75 Å². The molecule has 4 rings (SSSR count). The van der Waals surface area contributed by atoms with Gasteiger partial charge in [-0.3, -0.25) is 14.6 Å². The second-order valence-electron chi connectivity index (χ2n) is 8.14. The van der Waals surface area contributed by atoms with Crippen molar-refractivity contribution in [1.29, 1.82) is 0 Å². The number of rotatable bonds is 8. The lowest BCUT2D eigenvalue weighted by molar-refractivity contribution is -0.121. The first kappa shape index (κ1) is 24.5. The topological polar surface area (TPSA) is 84.4 Å². The summed E-state index contributed by atoms with van der Waals surface area (Å²) in [6.45, 7) is 2.00. The number of hydrogen-bond donors (Lipinski definition) is 1. The van der Waals surface area contributed by atoms with Gasteiger partial charge in [0.15, 0.2) is 0 Å². The molecule has 36 heavy (non-hydrogen) atoms. The van der Waals surface area contributed by atoms with Gasteiger partial charge in [-0.1, -0.05) is 48.0 Å². The Balaban J connectivity index is 1.80. The summed E-state index contributed by atoms with van der Waals surface area (Å²) < 4.78 is 18.9. The summed E-state index contributed by atoms with van der Waals surface area (Å²) in [5.41, 5.74) is 2.83. The van der Waals surface area contributed by atoms with Crippen LogP contribution >= 0.6 is 0 Å². The van der Waals surface area contributed by atoms with E-state index in [0.717, 1.165) is 5.56 Å². The second-order valence-corrected chi connectivity index (χ2v) is 8.14. The third-order valence-electron chi connectivity index (χ3n) is 5.64. The lowest BCUT2D eigenvalue weighted by Gasteiger charge is -2.31. The number of nitrogens with one attached hydrogen (secondary N) is 1. The van der Waals surface area contributed by atoms with Gasteiger partial charge in [0.05, 0.1) is 19.9 Å². The fourth-order valence-electron chi connectivity index (χ4n) is 3.82. The minimum atomic E-state index is -1.03. The zero-order chi connectivity index (χ0) is 25.5. The van der Waals surface area contributed by atoms with Crippen LogP contribution in [0.3, 0.4) is 0 Å². The van der Waals surface area contributed by atoms with Gasteiger partial charge in [0.2, 0.25) is 0 Å². The number of aryl methyl sites for hydroxylation is 1. The van der Waals surface area contributed by atoms with Gasteiger partial charge in [-0.25, -0.2) is 9.37 Å². The van der Waals surface area contributed by atoms with Crippen LogP contribution in [0.2, 0.25) is 0 Å². The predicted octanol–water partition coefficient (Wildman–Crippen LogP) is 4.96. The van der Waals surface area contributed by atoms with Gasteiger partial charge in [0.1, 0.15) is 23.3 Å². The van der Waals surface area contributed by atoms with Crippen LogP contribution < -0.4 is 10.1 Å². The maximum Gasteiger partial charge on any atom is 0.275 e. The number of carbonyl (C=O) groups is 2. The molecule has 8 heteroatoms. The van der Waals surface area contributed by atoms with E-state index in [1.165, 1.54) is 47.8 Å². The minimum Gasteiger partial charge on any atom is -0.496 e. The smallest absolute Gasteiger partial charge is 0.275 e. The molecule has 1 heterocycles. The molecule has 1 aromatic heterocycles. The van der Waals surface area contributed by atoms with Crippen LogP contribution in [-0.2, 0) is 11.3 Å². The van der Waals surface area contributed by atoms with Gasteiger partial charge in [-0.15, -0.1) is 0 Å². The first-order chi connectivity index (χ1) is 17.5. The van der Waals surface area contributed by atoms with Crippen molar-refractivity contribution >= 4 is 17.5 Å². The Morgan fingerprint density at radius 3 is 2.39 bits per heavy atom. The fourth-order valence-corrected chi connectivity index (χ4v) is 3.82. The van der Waals surface area contributed by atoms with Crippen LogP contribution in [0, 0.1) is 12.7 Å². The van der Waals surface area contributed by atoms with Crippen LogP contribution in [0.25, 0.3) is 0 Å². The van der Waals surface area contributed by atoms with E-state index >= 15 is 0 Å². The summed E-state index contributed by atoms with van der Waals surface area (Å²) in [5.74, 6) is -0.777. The molecule has 0 saturated carbocycles. The van der Waals surface area contributed by atoms with Crippen molar-refractivity contribution in [3.63, 3.8) is 0 Å². The monoisotopic (exact) mass is 484 g/mol. The lowest BCUT2D eigenvalue weighted by atomic mass is 10.0. The van der Waals surface area contributed by atoms with Crippen molar-refractivity contribution in [3.05, 3.63) is 120 Å². The molecule has 0 bridgehead atoms. The first-order valence-corrected chi connectivity index (χ1v) is 11.3. The molecule has 0 fully saturated rings. The van der Waals surface area contributed by atoms with E-state index in [2.05, 4.69) is 15.3 Å². The predicted molar refractivity (Wildman–Crippen MR) is 134 cm³/mol. The Bertz CT molecular complexity index is 1330.